The van der Waals surface area contributed by atoms with Crippen molar-refractivity contribution in [3.63, 3.8) is 0 Å². The van der Waals surface area contributed by atoms with E-state index in [9.17, 15) is 19.5 Å². The second-order valence-electron chi connectivity index (χ2n) is 15.5. The Labute approximate surface area is 342 Å². The minimum atomic E-state index is -1.13. The second-order valence-corrected chi connectivity index (χ2v) is 15.5. The van der Waals surface area contributed by atoms with E-state index in [1.54, 1.807) is 21.1 Å². The highest BCUT2D eigenvalue weighted by Gasteiger charge is 2.25. The standard InChI is InChI=1S/C48H81NO7/c1-6-8-10-12-14-16-18-20-21-22-23-24-25-27-29-31-33-35-37-39-47(51)56-44(42-54-41-40-45(48(52)53)49(3,4)5)43-55-46(50)38-36-34-32-30-28-26-19-17-15-13-11-9-7-2/h8,10-11,13-14,16-17,19-21,23-24,44-45H,6-7,9,12,15,18,22,25-43H2,1-5H3/b10-8-,13-11-,16-14-,19-17-,21-20-,24-23-. The predicted molar refractivity (Wildman–Crippen MR) is 231 cm³/mol. The number of rotatable bonds is 38. The fourth-order valence-corrected chi connectivity index (χ4v) is 5.92. The van der Waals surface area contributed by atoms with Gasteiger partial charge in [0.15, 0.2) is 6.10 Å². The number of carbonyl (C=O) groups is 3. The first-order chi connectivity index (χ1) is 27.1. The molecular weight excluding hydrogens is 703 g/mol. The van der Waals surface area contributed by atoms with Crippen LogP contribution < -0.4 is 5.11 Å². The molecule has 0 radical (unpaired) electrons. The zero-order chi connectivity index (χ0) is 41.4. The lowest BCUT2D eigenvalue weighted by atomic mass is 10.1. The van der Waals surface area contributed by atoms with Gasteiger partial charge < -0.3 is 28.6 Å². The third kappa shape index (κ3) is 36.4. The van der Waals surface area contributed by atoms with Crippen LogP contribution in [-0.4, -0.2) is 75.5 Å². The number of quaternary nitrogens is 1. The van der Waals surface area contributed by atoms with Crippen LogP contribution >= 0.6 is 0 Å². The number of allylic oxidation sites excluding steroid dienone is 12. The van der Waals surface area contributed by atoms with Crippen molar-refractivity contribution in [2.75, 3.05) is 41.0 Å². The van der Waals surface area contributed by atoms with Crippen molar-refractivity contribution in [1.82, 2.24) is 0 Å². The first-order valence-corrected chi connectivity index (χ1v) is 22.0. The van der Waals surface area contributed by atoms with E-state index in [1.807, 2.05) is 0 Å². The van der Waals surface area contributed by atoms with Crippen LogP contribution in [0.25, 0.3) is 0 Å². The summed E-state index contributed by atoms with van der Waals surface area (Å²) in [4.78, 5) is 36.8. The number of carboxylic acids is 1. The molecule has 0 aliphatic rings. The minimum absolute atomic E-state index is 0.0265. The fraction of sp³-hybridized carbons (Fsp3) is 0.688. The van der Waals surface area contributed by atoms with Gasteiger partial charge in [-0.15, -0.1) is 0 Å². The van der Waals surface area contributed by atoms with Gasteiger partial charge in [0.25, 0.3) is 0 Å². The highest BCUT2D eigenvalue weighted by molar-refractivity contribution is 5.70. The van der Waals surface area contributed by atoms with Crippen LogP contribution in [0.3, 0.4) is 0 Å². The number of hydrogen-bond donors (Lipinski definition) is 0. The monoisotopic (exact) mass is 784 g/mol. The summed E-state index contributed by atoms with van der Waals surface area (Å²) in [6, 6.07) is -0.734. The quantitative estimate of drug-likeness (QED) is 0.0266. The molecule has 0 heterocycles. The van der Waals surface area contributed by atoms with Gasteiger partial charge in [0, 0.05) is 19.3 Å². The highest BCUT2D eigenvalue weighted by Crippen LogP contribution is 2.13. The van der Waals surface area contributed by atoms with Gasteiger partial charge in [-0.1, -0.05) is 138 Å². The summed E-state index contributed by atoms with van der Waals surface area (Å²) in [5, 5.41) is 11.6. The molecule has 2 atom stereocenters. The molecule has 0 aliphatic heterocycles. The molecule has 0 rings (SSSR count). The van der Waals surface area contributed by atoms with Crippen LogP contribution in [-0.2, 0) is 28.6 Å². The Balaban J connectivity index is 4.39. The van der Waals surface area contributed by atoms with Crippen LogP contribution in [0, 0.1) is 0 Å². The maximum Gasteiger partial charge on any atom is 0.306 e. The normalized spacial score (nSPS) is 13.7. The van der Waals surface area contributed by atoms with E-state index in [4.69, 9.17) is 14.2 Å². The maximum absolute atomic E-state index is 12.7. The molecule has 0 N–H and O–H groups in total. The van der Waals surface area contributed by atoms with Crippen LogP contribution in [0.5, 0.6) is 0 Å². The number of hydrogen-bond acceptors (Lipinski definition) is 7. The topological polar surface area (TPSA) is 102 Å². The van der Waals surface area contributed by atoms with Crippen LogP contribution in [0.4, 0.5) is 0 Å². The van der Waals surface area contributed by atoms with E-state index in [1.165, 1.54) is 19.3 Å². The molecule has 0 saturated carbocycles. The molecule has 0 fully saturated rings. The number of unbranched alkanes of at least 4 members (excludes halogenated alkanes) is 12. The Hall–Kier alpha value is -3.23. The summed E-state index contributed by atoms with van der Waals surface area (Å²) >= 11 is 0. The van der Waals surface area contributed by atoms with E-state index in [0.29, 0.717) is 12.8 Å². The van der Waals surface area contributed by atoms with Crippen molar-refractivity contribution >= 4 is 17.9 Å². The summed E-state index contributed by atoms with van der Waals surface area (Å²) in [7, 11) is 5.39. The Morgan fingerprint density at radius 2 is 1.00 bits per heavy atom. The Kier molecular flexibility index (Phi) is 36.4. The van der Waals surface area contributed by atoms with Gasteiger partial charge in [-0.2, -0.15) is 0 Å². The van der Waals surface area contributed by atoms with Crippen LogP contribution in [0.2, 0.25) is 0 Å². The maximum atomic E-state index is 12.7. The van der Waals surface area contributed by atoms with Crippen molar-refractivity contribution in [3.8, 4) is 0 Å². The molecule has 320 valence electrons. The van der Waals surface area contributed by atoms with Gasteiger partial charge in [0.1, 0.15) is 12.6 Å². The van der Waals surface area contributed by atoms with Gasteiger partial charge >= 0.3 is 11.9 Å². The van der Waals surface area contributed by atoms with Crippen molar-refractivity contribution < 1.29 is 38.2 Å². The summed E-state index contributed by atoms with van der Waals surface area (Å²) in [6.07, 6.45) is 47.8. The SMILES string of the molecule is CC/C=C\C/C=C\C/C=C\C/C=C\CCCCCCCCC(=O)OC(COCCC(C(=O)[O-])[N+](C)(C)C)COC(=O)CCCCCCC/C=C\C/C=C\CCC. The third-order valence-corrected chi connectivity index (χ3v) is 9.31. The first-order valence-electron chi connectivity index (χ1n) is 22.0. The van der Waals surface area contributed by atoms with Crippen molar-refractivity contribution in [2.24, 2.45) is 0 Å². The molecule has 0 aromatic carbocycles. The van der Waals surface area contributed by atoms with E-state index in [-0.39, 0.29) is 42.7 Å². The number of nitrogens with zero attached hydrogens (tertiary/aromatic N) is 1. The fourth-order valence-electron chi connectivity index (χ4n) is 5.92. The minimum Gasteiger partial charge on any atom is -0.544 e. The zero-order valence-corrected chi connectivity index (χ0v) is 36.3. The van der Waals surface area contributed by atoms with Crippen LogP contribution in [0.1, 0.15) is 162 Å². The summed E-state index contributed by atoms with van der Waals surface area (Å²) in [6.45, 7) is 4.44. The average molecular weight is 784 g/mol. The third-order valence-electron chi connectivity index (χ3n) is 9.31. The van der Waals surface area contributed by atoms with Gasteiger partial charge in [-0.05, 0) is 77.0 Å². The Bertz CT molecular complexity index is 1140. The van der Waals surface area contributed by atoms with Crippen molar-refractivity contribution in [1.29, 1.82) is 0 Å². The molecule has 0 aromatic rings. The zero-order valence-electron chi connectivity index (χ0n) is 36.3. The van der Waals surface area contributed by atoms with E-state index in [0.717, 1.165) is 109 Å². The molecule has 0 aliphatic carbocycles. The number of ether oxygens (including phenoxy) is 3. The molecule has 0 spiro atoms. The lowest BCUT2D eigenvalue weighted by Gasteiger charge is -2.34. The lowest BCUT2D eigenvalue weighted by Crippen LogP contribution is -2.55. The Morgan fingerprint density at radius 1 is 0.554 bits per heavy atom. The molecule has 0 saturated heterocycles. The second kappa shape index (κ2) is 38.6. The van der Waals surface area contributed by atoms with Crippen molar-refractivity contribution in [3.05, 3.63) is 72.9 Å². The van der Waals surface area contributed by atoms with Gasteiger partial charge in [-0.3, -0.25) is 9.59 Å². The van der Waals surface area contributed by atoms with E-state index >= 15 is 0 Å². The Morgan fingerprint density at radius 3 is 1.48 bits per heavy atom. The van der Waals surface area contributed by atoms with Gasteiger partial charge in [0.2, 0.25) is 0 Å². The molecule has 2 unspecified atom stereocenters. The molecule has 0 aromatic heterocycles. The smallest absolute Gasteiger partial charge is 0.306 e. The molecule has 0 amide bonds. The van der Waals surface area contributed by atoms with Crippen molar-refractivity contribution in [2.45, 2.75) is 174 Å². The van der Waals surface area contributed by atoms with Crippen LogP contribution in [0.15, 0.2) is 72.9 Å². The van der Waals surface area contributed by atoms with E-state index < -0.39 is 18.1 Å². The lowest BCUT2D eigenvalue weighted by molar-refractivity contribution is -0.889. The van der Waals surface area contributed by atoms with Gasteiger partial charge in [-0.25, -0.2) is 0 Å². The van der Waals surface area contributed by atoms with E-state index in [2.05, 4.69) is 86.8 Å². The molecule has 56 heavy (non-hydrogen) atoms. The number of carbonyl (C=O) groups excluding carboxylic acids is 3. The molecule has 0 bridgehead atoms. The summed E-state index contributed by atoms with van der Waals surface area (Å²) in [5.74, 6) is -1.78. The number of aliphatic carboxylic acids is 1. The largest absolute Gasteiger partial charge is 0.544 e. The molecular formula is C48H81NO7. The molecule has 8 nitrogen and oxygen atoms in total. The number of likely N-dealkylation sites (N-methyl/N-ethyl adjacent to an activating group) is 1. The number of carboxylic acid groups (broad SMARTS) is 1. The average Bonchev–Trinajstić information content (AvgIpc) is 3.15. The molecule has 8 heteroatoms. The summed E-state index contributed by atoms with van der Waals surface area (Å²) in [5.41, 5.74) is 0. The number of esters is 2. The summed E-state index contributed by atoms with van der Waals surface area (Å²) < 4.78 is 17.1. The highest BCUT2D eigenvalue weighted by atomic mass is 16.6. The predicted octanol–water partition coefficient (Wildman–Crippen LogP) is 10.6. The first kappa shape index (κ1) is 52.8. The van der Waals surface area contributed by atoms with Gasteiger partial charge in [0.05, 0.1) is 40.3 Å².